The van der Waals surface area contributed by atoms with Crippen molar-refractivity contribution in [3.8, 4) is 0 Å². The Morgan fingerprint density at radius 1 is 1.33 bits per heavy atom. The summed E-state index contributed by atoms with van der Waals surface area (Å²) >= 11 is 1.29. The summed E-state index contributed by atoms with van der Waals surface area (Å²) in [5.74, 6) is -0.929. The third kappa shape index (κ3) is 2.76. The zero-order chi connectivity index (χ0) is 11.4. The van der Waals surface area contributed by atoms with E-state index in [0.29, 0.717) is 9.88 Å². The van der Waals surface area contributed by atoms with Crippen LogP contribution in [0.2, 0.25) is 0 Å². The molecule has 0 saturated heterocycles. The molecular weight excluding hydrogens is 218 g/mol. The molecule has 0 saturated carbocycles. The Balaban J connectivity index is 2.96. The molecule has 0 aliphatic heterocycles. The van der Waals surface area contributed by atoms with Gasteiger partial charge in [-0.1, -0.05) is 0 Å². The van der Waals surface area contributed by atoms with Crippen molar-refractivity contribution in [3.05, 3.63) is 15.6 Å². The number of ether oxygens (including phenoxy) is 2. The maximum absolute atomic E-state index is 11.3. The number of aromatic nitrogens is 1. The summed E-state index contributed by atoms with van der Waals surface area (Å²) in [7, 11) is 2.58. The van der Waals surface area contributed by atoms with E-state index in [1.807, 2.05) is 0 Å². The van der Waals surface area contributed by atoms with Crippen molar-refractivity contribution in [2.75, 3.05) is 14.2 Å². The fourth-order valence-corrected chi connectivity index (χ4v) is 1.96. The Kier molecular flexibility index (Phi) is 3.79. The zero-order valence-corrected chi connectivity index (χ0v) is 9.51. The van der Waals surface area contributed by atoms with Gasteiger partial charge in [0, 0.05) is 0 Å². The quantitative estimate of drug-likeness (QED) is 0.722. The molecule has 0 aliphatic rings. The van der Waals surface area contributed by atoms with Gasteiger partial charge in [0.25, 0.3) is 0 Å². The lowest BCUT2D eigenvalue weighted by Crippen LogP contribution is -2.09. The second-order valence-corrected chi connectivity index (χ2v) is 4.04. The molecule has 0 amide bonds. The molecular formula is C9H11NO4S. The van der Waals surface area contributed by atoms with E-state index in [0.717, 1.165) is 0 Å². The van der Waals surface area contributed by atoms with E-state index in [1.54, 1.807) is 6.92 Å². The Morgan fingerprint density at radius 3 is 2.53 bits per heavy atom. The Bertz CT molecular complexity index is 385. The van der Waals surface area contributed by atoms with Crippen LogP contribution in [0.3, 0.4) is 0 Å². The first-order valence-electron chi connectivity index (χ1n) is 4.20. The highest BCUT2D eigenvalue weighted by molar-refractivity contribution is 7.12. The first kappa shape index (κ1) is 11.6. The molecule has 1 aromatic rings. The van der Waals surface area contributed by atoms with Crippen LogP contribution in [0.1, 0.15) is 20.4 Å². The molecule has 0 radical (unpaired) electrons. The molecule has 1 heterocycles. The molecule has 82 valence electrons. The van der Waals surface area contributed by atoms with Crippen molar-refractivity contribution in [2.45, 2.75) is 13.3 Å². The molecule has 0 N–H and O–H groups in total. The van der Waals surface area contributed by atoms with E-state index in [1.165, 1.54) is 25.6 Å². The van der Waals surface area contributed by atoms with Gasteiger partial charge in [-0.05, 0) is 6.92 Å². The van der Waals surface area contributed by atoms with E-state index >= 15 is 0 Å². The number of aryl methyl sites for hydroxylation is 1. The van der Waals surface area contributed by atoms with Gasteiger partial charge in [0.05, 0.1) is 30.5 Å². The number of nitrogens with zero attached hydrogens (tertiary/aromatic N) is 1. The molecule has 0 aromatic carbocycles. The standard InChI is InChI=1S/C9H11NO4S/c1-5-10-8(9(12)14-3)6(15-5)4-7(11)13-2/h4H2,1-3H3. The van der Waals surface area contributed by atoms with Gasteiger partial charge in [-0.15, -0.1) is 11.3 Å². The number of methoxy groups -OCH3 is 2. The SMILES string of the molecule is COC(=O)Cc1sc(C)nc1C(=O)OC. The monoisotopic (exact) mass is 229 g/mol. The van der Waals surface area contributed by atoms with Crippen LogP contribution in [0, 0.1) is 6.92 Å². The maximum atomic E-state index is 11.3. The Morgan fingerprint density at radius 2 is 2.00 bits per heavy atom. The molecule has 0 fully saturated rings. The molecule has 15 heavy (non-hydrogen) atoms. The van der Waals surface area contributed by atoms with Crippen LogP contribution in [0.4, 0.5) is 0 Å². The van der Waals surface area contributed by atoms with Gasteiger partial charge in [0.1, 0.15) is 0 Å². The van der Waals surface area contributed by atoms with E-state index in [4.69, 9.17) is 0 Å². The summed E-state index contributed by atoms with van der Waals surface area (Å²) < 4.78 is 9.08. The minimum atomic E-state index is -0.529. The zero-order valence-electron chi connectivity index (χ0n) is 8.70. The average Bonchev–Trinajstić information content (AvgIpc) is 2.58. The summed E-state index contributed by atoms with van der Waals surface area (Å²) in [5.41, 5.74) is 0.199. The van der Waals surface area contributed by atoms with Gasteiger partial charge in [-0.3, -0.25) is 4.79 Å². The lowest BCUT2D eigenvalue weighted by atomic mass is 10.3. The minimum absolute atomic E-state index is 0.0481. The van der Waals surface area contributed by atoms with E-state index < -0.39 is 11.9 Å². The summed E-state index contributed by atoms with van der Waals surface area (Å²) in [6.07, 6.45) is 0.0481. The van der Waals surface area contributed by atoms with Crippen LogP contribution in [0.15, 0.2) is 0 Å². The van der Waals surface area contributed by atoms with E-state index in [2.05, 4.69) is 14.5 Å². The van der Waals surface area contributed by atoms with Crippen molar-refractivity contribution in [3.63, 3.8) is 0 Å². The largest absolute Gasteiger partial charge is 0.469 e. The normalized spacial score (nSPS) is 9.80. The smallest absolute Gasteiger partial charge is 0.357 e. The van der Waals surface area contributed by atoms with Gasteiger partial charge in [-0.25, -0.2) is 9.78 Å². The molecule has 0 aliphatic carbocycles. The van der Waals surface area contributed by atoms with Gasteiger partial charge in [0.15, 0.2) is 5.69 Å². The summed E-state index contributed by atoms with van der Waals surface area (Å²) in [4.78, 5) is 26.9. The fourth-order valence-electron chi connectivity index (χ4n) is 1.05. The molecule has 0 unspecified atom stereocenters. The average molecular weight is 229 g/mol. The lowest BCUT2D eigenvalue weighted by Gasteiger charge is -1.99. The highest BCUT2D eigenvalue weighted by atomic mass is 32.1. The van der Waals surface area contributed by atoms with Crippen molar-refractivity contribution >= 4 is 23.3 Å². The topological polar surface area (TPSA) is 65.5 Å². The number of carbonyl (C=O) groups is 2. The number of thiazole rings is 1. The molecule has 6 heteroatoms. The van der Waals surface area contributed by atoms with Crippen LogP contribution in [-0.2, 0) is 20.7 Å². The highest BCUT2D eigenvalue weighted by Crippen LogP contribution is 2.19. The number of hydrogen-bond acceptors (Lipinski definition) is 6. The lowest BCUT2D eigenvalue weighted by molar-refractivity contribution is -0.139. The molecule has 1 aromatic heterocycles. The van der Waals surface area contributed by atoms with Gasteiger partial charge in [0.2, 0.25) is 0 Å². The van der Waals surface area contributed by atoms with Crippen LogP contribution >= 0.6 is 11.3 Å². The fraction of sp³-hybridized carbons (Fsp3) is 0.444. The van der Waals surface area contributed by atoms with Crippen molar-refractivity contribution < 1.29 is 19.1 Å². The predicted octanol–water partition coefficient (Wildman–Crippen LogP) is 0.954. The maximum Gasteiger partial charge on any atom is 0.357 e. The predicted molar refractivity (Wildman–Crippen MR) is 53.9 cm³/mol. The van der Waals surface area contributed by atoms with Crippen molar-refractivity contribution in [1.82, 2.24) is 4.98 Å². The summed E-state index contributed by atoms with van der Waals surface area (Å²) in [5, 5.41) is 0.717. The third-order valence-corrected chi connectivity index (χ3v) is 2.69. The second kappa shape index (κ2) is 4.88. The van der Waals surface area contributed by atoms with E-state index in [9.17, 15) is 9.59 Å². The molecule has 0 atom stereocenters. The first-order chi connectivity index (χ1) is 7.08. The first-order valence-corrected chi connectivity index (χ1v) is 5.01. The third-order valence-electron chi connectivity index (χ3n) is 1.72. The Labute approximate surface area is 91.0 Å². The molecule has 5 nitrogen and oxygen atoms in total. The van der Waals surface area contributed by atoms with Crippen molar-refractivity contribution in [1.29, 1.82) is 0 Å². The number of esters is 2. The van der Waals surface area contributed by atoms with E-state index in [-0.39, 0.29) is 12.1 Å². The molecule has 0 bridgehead atoms. The van der Waals surface area contributed by atoms with Gasteiger partial charge in [-0.2, -0.15) is 0 Å². The number of rotatable bonds is 3. The minimum Gasteiger partial charge on any atom is -0.469 e. The summed E-state index contributed by atoms with van der Waals surface area (Å²) in [6, 6.07) is 0. The van der Waals surface area contributed by atoms with Crippen LogP contribution in [0.5, 0.6) is 0 Å². The number of carbonyl (C=O) groups excluding carboxylic acids is 2. The van der Waals surface area contributed by atoms with Crippen LogP contribution in [-0.4, -0.2) is 31.1 Å². The van der Waals surface area contributed by atoms with Crippen LogP contribution in [0.25, 0.3) is 0 Å². The number of hydrogen-bond donors (Lipinski definition) is 0. The van der Waals surface area contributed by atoms with Gasteiger partial charge < -0.3 is 9.47 Å². The Hall–Kier alpha value is -1.43. The second-order valence-electron chi connectivity index (χ2n) is 2.75. The van der Waals surface area contributed by atoms with Crippen LogP contribution < -0.4 is 0 Å². The highest BCUT2D eigenvalue weighted by Gasteiger charge is 2.19. The summed E-state index contributed by atoms with van der Waals surface area (Å²) in [6.45, 7) is 1.76. The van der Waals surface area contributed by atoms with Crippen molar-refractivity contribution in [2.24, 2.45) is 0 Å². The molecule has 1 rings (SSSR count). The van der Waals surface area contributed by atoms with Gasteiger partial charge >= 0.3 is 11.9 Å². The molecule has 0 spiro atoms.